The van der Waals surface area contributed by atoms with Gasteiger partial charge in [0.1, 0.15) is 5.76 Å². The molecule has 0 aliphatic carbocycles. The molecular formula is C23H24N2O5. The highest BCUT2D eigenvalue weighted by atomic mass is 16.4. The van der Waals surface area contributed by atoms with Gasteiger partial charge in [0.15, 0.2) is 0 Å². The summed E-state index contributed by atoms with van der Waals surface area (Å²) in [5, 5.41) is 19.8. The van der Waals surface area contributed by atoms with Gasteiger partial charge >= 0.3 is 5.97 Å². The Labute approximate surface area is 174 Å². The zero-order chi connectivity index (χ0) is 21.8. The van der Waals surface area contributed by atoms with Crippen LogP contribution in [-0.2, 0) is 14.4 Å². The lowest BCUT2D eigenvalue weighted by atomic mass is 9.95. The second kappa shape index (κ2) is 8.82. The molecule has 0 saturated carbocycles. The van der Waals surface area contributed by atoms with E-state index in [-0.39, 0.29) is 30.7 Å². The number of amides is 1. The number of carboxylic acids is 1. The summed E-state index contributed by atoms with van der Waals surface area (Å²) in [6.07, 6.45) is 0.0913. The number of benzene rings is 2. The Balaban J connectivity index is 2.08. The largest absolute Gasteiger partial charge is 0.507 e. The van der Waals surface area contributed by atoms with E-state index in [1.54, 1.807) is 30.3 Å². The van der Waals surface area contributed by atoms with Crippen LogP contribution < -0.4 is 4.90 Å². The van der Waals surface area contributed by atoms with Crippen LogP contribution in [-0.4, -0.2) is 53.4 Å². The lowest BCUT2D eigenvalue weighted by Gasteiger charge is -2.25. The fourth-order valence-electron chi connectivity index (χ4n) is 3.56. The number of carbonyl (C=O) groups excluding carboxylic acids is 2. The summed E-state index contributed by atoms with van der Waals surface area (Å²) in [4.78, 5) is 39.8. The zero-order valence-electron chi connectivity index (χ0n) is 16.9. The Morgan fingerprint density at radius 3 is 2.20 bits per heavy atom. The molecule has 7 heteroatoms. The van der Waals surface area contributed by atoms with Crippen molar-refractivity contribution in [1.29, 1.82) is 0 Å². The number of hydrogen-bond acceptors (Lipinski definition) is 5. The number of likely N-dealkylation sites (tertiary alicyclic amines) is 1. The van der Waals surface area contributed by atoms with Gasteiger partial charge < -0.3 is 20.0 Å². The maximum absolute atomic E-state index is 12.9. The Kier molecular flexibility index (Phi) is 6.20. The molecule has 1 fully saturated rings. The van der Waals surface area contributed by atoms with E-state index in [1.807, 2.05) is 43.3 Å². The van der Waals surface area contributed by atoms with Crippen LogP contribution >= 0.6 is 0 Å². The van der Waals surface area contributed by atoms with Crippen molar-refractivity contribution in [1.82, 2.24) is 4.90 Å². The van der Waals surface area contributed by atoms with E-state index in [4.69, 9.17) is 5.11 Å². The SMILES string of the molecule is CN(C)c1ccc([C@H]2/C(=C(\O)c3ccccc3)C(=O)C(=O)N2CCCC(=O)O)cc1. The van der Waals surface area contributed by atoms with E-state index in [2.05, 4.69) is 0 Å². The van der Waals surface area contributed by atoms with E-state index in [1.165, 1.54) is 4.90 Å². The number of carboxylic acid groups (broad SMARTS) is 1. The highest BCUT2D eigenvalue weighted by Crippen LogP contribution is 2.39. The highest BCUT2D eigenvalue weighted by molar-refractivity contribution is 6.46. The van der Waals surface area contributed by atoms with Crippen LogP contribution in [0.2, 0.25) is 0 Å². The van der Waals surface area contributed by atoms with Crippen molar-refractivity contribution in [3.05, 3.63) is 71.3 Å². The molecule has 30 heavy (non-hydrogen) atoms. The lowest BCUT2D eigenvalue weighted by molar-refractivity contribution is -0.140. The first kappa shape index (κ1) is 21.1. The maximum Gasteiger partial charge on any atom is 0.303 e. The number of aliphatic hydroxyl groups is 1. The lowest BCUT2D eigenvalue weighted by Crippen LogP contribution is -2.31. The fourth-order valence-corrected chi connectivity index (χ4v) is 3.56. The van der Waals surface area contributed by atoms with E-state index in [0.717, 1.165) is 5.69 Å². The van der Waals surface area contributed by atoms with Crippen molar-refractivity contribution in [2.75, 3.05) is 25.5 Å². The van der Waals surface area contributed by atoms with Gasteiger partial charge in [0.25, 0.3) is 11.7 Å². The molecule has 1 atom stereocenters. The second-order valence-electron chi connectivity index (χ2n) is 7.34. The average Bonchev–Trinajstić information content (AvgIpc) is 2.98. The molecule has 0 unspecified atom stereocenters. The smallest absolute Gasteiger partial charge is 0.303 e. The number of rotatable bonds is 7. The summed E-state index contributed by atoms with van der Waals surface area (Å²) < 4.78 is 0. The predicted molar refractivity (Wildman–Crippen MR) is 113 cm³/mol. The van der Waals surface area contributed by atoms with E-state index >= 15 is 0 Å². The standard InChI is InChI=1S/C23H24N2O5/c1-24(2)17-12-10-15(11-13-17)20-19(21(28)16-7-4-3-5-8-16)22(29)23(30)25(20)14-6-9-18(26)27/h3-5,7-8,10-13,20,28H,6,9,14H2,1-2H3,(H,26,27)/b21-19+/t20-/m0/s1. The summed E-state index contributed by atoms with van der Waals surface area (Å²) in [6, 6.07) is 15.2. The van der Waals surface area contributed by atoms with Gasteiger partial charge in [-0.2, -0.15) is 0 Å². The summed E-state index contributed by atoms with van der Waals surface area (Å²) in [5.74, 6) is -2.72. The number of hydrogen-bond donors (Lipinski definition) is 2. The van der Waals surface area contributed by atoms with Crippen molar-refractivity contribution < 1.29 is 24.6 Å². The molecule has 2 aromatic carbocycles. The van der Waals surface area contributed by atoms with Gasteiger partial charge in [0.05, 0.1) is 11.6 Å². The molecule has 1 aliphatic rings. The molecule has 1 saturated heterocycles. The Morgan fingerprint density at radius 1 is 1.00 bits per heavy atom. The van der Waals surface area contributed by atoms with Crippen LogP contribution in [0.4, 0.5) is 5.69 Å². The third-order valence-electron chi connectivity index (χ3n) is 5.10. The van der Waals surface area contributed by atoms with Crippen molar-refractivity contribution >= 4 is 29.1 Å². The van der Waals surface area contributed by atoms with Crippen LogP contribution in [0.15, 0.2) is 60.2 Å². The number of aliphatic carboxylic acids is 1. The Morgan fingerprint density at radius 2 is 1.63 bits per heavy atom. The van der Waals surface area contributed by atoms with Gasteiger partial charge in [0, 0.05) is 38.3 Å². The quantitative estimate of drug-likeness (QED) is 0.415. The second-order valence-corrected chi connectivity index (χ2v) is 7.34. The van der Waals surface area contributed by atoms with Gasteiger partial charge in [-0.3, -0.25) is 14.4 Å². The molecule has 0 radical (unpaired) electrons. The van der Waals surface area contributed by atoms with E-state index < -0.39 is 23.7 Å². The van der Waals surface area contributed by atoms with Gasteiger partial charge in [-0.25, -0.2) is 0 Å². The predicted octanol–water partition coefficient (Wildman–Crippen LogP) is 3.04. The minimum absolute atomic E-state index is 0.0131. The van der Waals surface area contributed by atoms with E-state index in [0.29, 0.717) is 11.1 Å². The molecule has 1 amide bonds. The third-order valence-corrected chi connectivity index (χ3v) is 5.10. The number of Topliss-reactive ketones (excluding diaryl/α,β-unsaturated/α-hetero) is 1. The number of nitrogens with zero attached hydrogens (tertiary/aromatic N) is 2. The maximum atomic E-state index is 12.9. The minimum Gasteiger partial charge on any atom is -0.507 e. The average molecular weight is 408 g/mol. The molecule has 0 spiro atoms. The normalized spacial score (nSPS) is 17.9. The summed E-state index contributed by atoms with van der Waals surface area (Å²) >= 11 is 0. The number of ketones is 1. The first-order valence-corrected chi connectivity index (χ1v) is 9.64. The summed E-state index contributed by atoms with van der Waals surface area (Å²) in [7, 11) is 3.81. The van der Waals surface area contributed by atoms with Crippen LogP contribution in [0.25, 0.3) is 5.76 Å². The first-order chi connectivity index (χ1) is 14.3. The molecule has 0 aromatic heterocycles. The minimum atomic E-state index is -0.970. The molecule has 1 aliphatic heterocycles. The number of carbonyl (C=O) groups is 3. The zero-order valence-corrected chi connectivity index (χ0v) is 16.9. The number of anilines is 1. The van der Waals surface area contributed by atoms with Crippen LogP contribution in [0.1, 0.15) is 30.0 Å². The van der Waals surface area contributed by atoms with Crippen LogP contribution in [0, 0.1) is 0 Å². The van der Waals surface area contributed by atoms with Gasteiger partial charge in [-0.05, 0) is 24.1 Å². The van der Waals surface area contributed by atoms with Crippen molar-refractivity contribution in [2.24, 2.45) is 0 Å². The molecule has 2 N–H and O–H groups in total. The molecule has 7 nitrogen and oxygen atoms in total. The third kappa shape index (κ3) is 4.20. The molecular weight excluding hydrogens is 384 g/mol. The van der Waals surface area contributed by atoms with Gasteiger partial charge in [-0.1, -0.05) is 42.5 Å². The molecule has 1 heterocycles. The molecule has 3 rings (SSSR count). The van der Waals surface area contributed by atoms with Gasteiger partial charge in [-0.15, -0.1) is 0 Å². The number of aliphatic hydroxyl groups excluding tert-OH is 1. The highest BCUT2D eigenvalue weighted by Gasteiger charge is 2.45. The first-order valence-electron chi connectivity index (χ1n) is 9.64. The van der Waals surface area contributed by atoms with Crippen molar-refractivity contribution in [2.45, 2.75) is 18.9 Å². The molecule has 0 bridgehead atoms. The monoisotopic (exact) mass is 408 g/mol. The van der Waals surface area contributed by atoms with Gasteiger partial charge in [0.2, 0.25) is 0 Å². The topological polar surface area (TPSA) is 98.2 Å². The Bertz CT molecular complexity index is 980. The van der Waals surface area contributed by atoms with Crippen molar-refractivity contribution in [3.8, 4) is 0 Å². The molecule has 156 valence electrons. The van der Waals surface area contributed by atoms with E-state index in [9.17, 15) is 19.5 Å². The summed E-state index contributed by atoms with van der Waals surface area (Å²) in [6.45, 7) is 0.0997. The van der Waals surface area contributed by atoms with Crippen LogP contribution in [0.3, 0.4) is 0 Å². The molecule has 2 aromatic rings. The summed E-state index contributed by atoms with van der Waals surface area (Å²) in [5.41, 5.74) is 2.08. The Hall–Kier alpha value is -3.61. The van der Waals surface area contributed by atoms with Crippen molar-refractivity contribution in [3.63, 3.8) is 0 Å². The fraction of sp³-hybridized carbons (Fsp3) is 0.261. The van der Waals surface area contributed by atoms with Crippen LogP contribution in [0.5, 0.6) is 0 Å².